The van der Waals surface area contributed by atoms with Crippen LogP contribution in [0.4, 0.5) is 0 Å². The molecule has 0 radical (unpaired) electrons. The molecule has 1 atom stereocenters. The van der Waals surface area contributed by atoms with Crippen molar-refractivity contribution in [3.63, 3.8) is 0 Å². The second-order valence-electron chi connectivity index (χ2n) is 6.55. The zero-order valence-corrected chi connectivity index (χ0v) is 14.3. The number of nitrogens with one attached hydrogen (secondary N) is 1. The van der Waals surface area contributed by atoms with Crippen LogP contribution in [0.25, 0.3) is 5.57 Å². The average molecular weight is 336 g/mol. The highest BCUT2D eigenvalue weighted by molar-refractivity contribution is 6.16. The van der Waals surface area contributed by atoms with Crippen molar-refractivity contribution >= 4 is 11.3 Å². The molecule has 124 valence electrons. The van der Waals surface area contributed by atoms with Crippen molar-refractivity contribution in [3.8, 4) is 18.2 Å². The number of nitriles is 3. The van der Waals surface area contributed by atoms with Crippen molar-refractivity contribution in [2.45, 2.75) is 18.8 Å². The number of benzene rings is 2. The Labute approximate surface area is 152 Å². The molecule has 0 amide bonds. The minimum atomic E-state index is -1.72. The van der Waals surface area contributed by atoms with E-state index >= 15 is 0 Å². The van der Waals surface area contributed by atoms with Crippen LogP contribution in [-0.4, -0.2) is 5.71 Å². The molecule has 0 fully saturated rings. The van der Waals surface area contributed by atoms with Crippen LogP contribution >= 0.6 is 0 Å². The molecule has 26 heavy (non-hydrogen) atoms. The van der Waals surface area contributed by atoms with Crippen LogP contribution in [0.5, 0.6) is 0 Å². The molecule has 1 N–H and O–H groups in total. The highest BCUT2D eigenvalue weighted by Crippen LogP contribution is 2.53. The lowest BCUT2D eigenvalue weighted by Crippen LogP contribution is -2.50. The Bertz CT molecular complexity index is 1000. The monoisotopic (exact) mass is 336 g/mol. The molecule has 3 rings (SSSR count). The fourth-order valence-electron chi connectivity index (χ4n) is 3.71. The van der Waals surface area contributed by atoms with Gasteiger partial charge in [0.15, 0.2) is 5.41 Å². The van der Waals surface area contributed by atoms with E-state index < -0.39 is 10.8 Å². The van der Waals surface area contributed by atoms with Gasteiger partial charge in [-0.3, -0.25) is 0 Å². The summed E-state index contributed by atoms with van der Waals surface area (Å²) in [6, 6.07) is 24.9. The van der Waals surface area contributed by atoms with Crippen molar-refractivity contribution in [1.82, 2.24) is 0 Å². The summed E-state index contributed by atoms with van der Waals surface area (Å²) in [5.41, 5.74) is -0.434. The smallest absolute Gasteiger partial charge is 0.195 e. The zero-order valence-electron chi connectivity index (χ0n) is 14.3. The minimum Gasteiger partial charge on any atom is -0.301 e. The fourth-order valence-corrected chi connectivity index (χ4v) is 3.71. The Kier molecular flexibility index (Phi) is 4.17. The lowest BCUT2D eigenvalue weighted by molar-refractivity contribution is 0.357. The molecule has 0 aromatic heterocycles. The van der Waals surface area contributed by atoms with Crippen LogP contribution < -0.4 is 0 Å². The second kappa shape index (κ2) is 6.32. The van der Waals surface area contributed by atoms with Crippen LogP contribution in [0.3, 0.4) is 0 Å². The van der Waals surface area contributed by atoms with Crippen molar-refractivity contribution in [3.05, 3.63) is 77.4 Å². The maximum absolute atomic E-state index is 9.93. The molecule has 1 aliphatic carbocycles. The number of hydrogen-bond donors (Lipinski definition) is 1. The van der Waals surface area contributed by atoms with E-state index in [9.17, 15) is 15.8 Å². The van der Waals surface area contributed by atoms with Gasteiger partial charge in [0.2, 0.25) is 0 Å². The van der Waals surface area contributed by atoms with E-state index in [-0.39, 0.29) is 11.3 Å². The zero-order chi connectivity index (χ0) is 18.8. The van der Waals surface area contributed by atoms with Gasteiger partial charge in [-0.1, -0.05) is 67.6 Å². The Morgan fingerprint density at radius 3 is 1.92 bits per heavy atom. The van der Waals surface area contributed by atoms with E-state index in [2.05, 4.69) is 18.2 Å². The lowest BCUT2D eigenvalue weighted by Gasteiger charge is -2.44. The van der Waals surface area contributed by atoms with Crippen LogP contribution in [0, 0.1) is 44.8 Å². The maximum Gasteiger partial charge on any atom is 0.195 e. The SMILES string of the molecule is C[C@]1(c2ccccc2)CC(c2ccccc2)=C(C#N)C(=N)C1(C#N)C#N. The molecule has 4 nitrogen and oxygen atoms in total. The summed E-state index contributed by atoms with van der Waals surface area (Å²) < 4.78 is 0. The van der Waals surface area contributed by atoms with Crippen LogP contribution in [0.1, 0.15) is 24.5 Å². The van der Waals surface area contributed by atoms with Crippen molar-refractivity contribution in [1.29, 1.82) is 21.2 Å². The molecule has 0 unspecified atom stereocenters. The van der Waals surface area contributed by atoms with Crippen LogP contribution in [0.2, 0.25) is 0 Å². The second-order valence-corrected chi connectivity index (χ2v) is 6.55. The average Bonchev–Trinajstić information content (AvgIpc) is 2.70. The van der Waals surface area contributed by atoms with Gasteiger partial charge in [0.1, 0.15) is 6.07 Å². The molecule has 0 bridgehead atoms. The molecule has 0 spiro atoms. The van der Waals surface area contributed by atoms with Gasteiger partial charge in [-0.05, 0) is 23.1 Å². The first-order valence-electron chi connectivity index (χ1n) is 8.20. The fraction of sp³-hybridized carbons (Fsp3) is 0.182. The van der Waals surface area contributed by atoms with Crippen LogP contribution in [-0.2, 0) is 5.41 Å². The Morgan fingerprint density at radius 2 is 1.42 bits per heavy atom. The molecular weight excluding hydrogens is 320 g/mol. The lowest BCUT2D eigenvalue weighted by atomic mass is 9.53. The Morgan fingerprint density at radius 1 is 0.885 bits per heavy atom. The molecule has 0 saturated heterocycles. The number of hydrogen-bond acceptors (Lipinski definition) is 4. The third kappa shape index (κ3) is 2.23. The van der Waals surface area contributed by atoms with Gasteiger partial charge < -0.3 is 5.41 Å². The topological polar surface area (TPSA) is 95.2 Å². The first-order valence-corrected chi connectivity index (χ1v) is 8.20. The molecule has 0 saturated carbocycles. The molecule has 0 aliphatic heterocycles. The summed E-state index contributed by atoms with van der Waals surface area (Å²) in [6.07, 6.45) is 0.327. The van der Waals surface area contributed by atoms with Gasteiger partial charge >= 0.3 is 0 Å². The largest absolute Gasteiger partial charge is 0.301 e. The van der Waals surface area contributed by atoms with Gasteiger partial charge in [-0.2, -0.15) is 15.8 Å². The molecule has 2 aromatic carbocycles. The molecule has 1 aliphatic rings. The van der Waals surface area contributed by atoms with E-state index in [0.29, 0.717) is 12.0 Å². The third-order valence-corrected chi connectivity index (χ3v) is 5.27. The summed E-state index contributed by atoms with van der Waals surface area (Å²) >= 11 is 0. The Balaban J connectivity index is 2.35. The van der Waals surface area contributed by atoms with Gasteiger partial charge in [0.25, 0.3) is 0 Å². The van der Waals surface area contributed by atoms with E-state index in [1.165, 1.54) is 0 Å². The van der Waals surface area contributed by atoms with Gasteiger partial charge in [-0.15, -0.1) is 0 Å². The van der Waals surface area contributed by atoms with Crippen LogP contribution in [0.15, 0.2) is 66.2 Å². The number of allylic oxidation sites excluding steroid dienone is 2. The molecule has 2 aromatic rings. The van der Waals surface area contributed by atoms with Gasteiger partial charge in [0.05, 0.1) is 23.4 Å². The summed E-state index contributed by atoms with van der Waals surface area (Å²) in [7, 11) is 0. The highest BCUT2D eigenvalue weighted by Gasteiger charge is 2.58. The minimum absolute atomic E-state index is 0.118. The standard InChI is InChI=1S/C22H16N4/c1-21(17-10-6-3-7-11-17)12-18(16-8-4-2-5-9-16)19(13-23)20(26)22(21,14-24)15-25/h2-11,26H,12H2,1H3/t21-/m1/s1. The normalized spacial score (nSPS) is 21.4. The van der Waals surface area contributed by atoms with Crippen molar-refractivity contribution < 1.29 is 0 Å². The quantitative estimate of drug-likeness (QED) is 0.881. The molecule has 4 heteroatoms. The maximum atomic E-state index is 9.93. The summed E-state index contributed by atoms with van der Waals surface area (Å²) in [5, 5.41) is 38.2. The van der Waals surface area contributed by atoms with E-state index in [1.807, 2.05) is 67.6 Å². The predicted octanol–water partition coefficient (Wildman–Crippen LogP) is 4.38. The van der Waals surface area contributed by atoms with Crippen molar-refractivity contribution in [2.24, 2.45) is 5.41 Å². The van der Waals surface area contributed by atoms with Crippen molar-refractivity contribution in [2.75, 3.05) is 0 Å². The first-order chi connectivity index (χ1) is 12.5. The van der Waals surface area contributed by atoms with Gasteiger partial charge in [-0.25, -0.2) is 0 Å². The van der Waals surface area contributed by atoms with Gasteiger partial charge in [0, 0.05) is 5.41 Å². The predicted molar refractivity (Wildman–Crippen MR) is 98.8 cm³/mol. The summed E-state index contributed by atoms with van der Waals surface area (Å²) in [5.74, 6) is 0. The molecule has 0 heterocycles. The summed E-state index contributed by atoms with van der Waals surface area (Å²) in [4.78, 5) is 0. The van der Waals surface area contributed by atoms with E-state index in [0.717, 1.165) is 11.1 Å². The summed E-state index contributed by atoms with van der Waals surface area (Å²) in [6.45, 7) is 1.83. The van der Waals surface area contributed by atoms with E-state index in [4.69, 9.17) is 5.41 Å². The highest BCUT2D eigenvalue weighted by atomic mass is 14.6. The number of nitrogens with zero attached hydrogens (tertiary/aromatic N) is 3. The van der Waals surface area contributed by atoms with E-state index in [1.54, 1.807) is 0 Å². The Hall–Kier alpha value is -3.68. The third-order valence-electron chi connectivity index (χ3n) is 5.27. The first kappa shape index (κ1) is 17.2. The molecular formula is C22H16N4. The number of rotatable bonds is 2.